The van der Waals surface area contributed by atoms with Gasteiger partial charge in [-0.25, -0.2) is 14.1 Å². The smallest absolute Gasteiger partial charge is 0.264 e. The van der Waals surface area contributed by atoms with Crippen molar-refractivity contribution in [1.82, 2.24) is 19.3 Å². The van der Waals surface area contributed by atoms with Gasteiger partial charge in [-0.2, -0.15) is 5.10 Å². The summed E-state index contributed by atoms with van der Waals surface area (Å²) in [7, 11) is 0. The monoisotopic (exact) mass is 314 g/mol. The Morgan fingerprint density at radius 2 is 2.13 bits per heavy atom. The zero-order valence-corrected chi connectivity index (χ0v) is 13.2. The van der Waals surface area contributed by atoms with Crippen molar-refractivity contribution in [2.75, 3.05) is 0 Å². The van der Waals surface area contributed by atoms with E-state index in [1.54, 1.807) is 27.8 Å². The molecule has 3 rings (SSSR count). The Hall–Kier alpha value is -2.50. The normalized spacial score (nSPS) is 11.5. The highest BCUT2D eigenvalue weighted by Gasteiger charge is 2.11. The molecule has 6 heteroatoms. The van der Waals surface area contributed by atoms with Crippen molar-refractivity contribution >= 4 is 11.0 Å². The number of halogens is 1. The van der Waals surface area contributed by atoms with Gasteiger partial charge in [-0.05, 0) is 44.4 Å². The van der Waals surface area contributed by atoms with Crippen LogP contribution in [0.5, 0.6) is 0 Å². The van der Waals surface area contributed by atoms with Crippen LogP contribution in [0.25, 0.3) is 11.0 Å². The highest BCUT2D eigenvalue weighted by atomic mass is 19.1. The highest BCUT2D eigenvalue weighted by molar-refractivity contribution is 5.72. The molecule has 2 aromatic heterocycles. The molecule has 2 heterocycles. The molecule has 0 N–H and O–H groups in total. The Labute approximate surface area is 133 Å². The second-order valence-corrected chi connectivity index (χ2v) is 5.90. The number of rotatable bonds is 5. The fourth-order valence-corrected chi connectivity index (χ4v) is 2.65. The average molecular weight is 314 g/mol. The first kappa shape index (κ1) is 15.4. The lowest BCUT2D eigenvalue weighted by Gasteiger charge is -2.08. The number of hydrogen-bond donors (Lipinski definition) is 0. The van der Waals surface area contributed by atoms with Gasteiger partial charge in [0.25, 0.3) is 5.56 Å². The van der Waals surface area contributed by atoms with Crippen LogP contribution in [0.4, 0.5) is 4.39 Å². The molecule has 0 amide bonds. The van der Waals surface area contributed by atoms with E-state index in [1.165, 1.54) is 12.1 Å². The van der Waals surface area contributed by atoms with Crippen LogP contribution in [0, 0.1) is 5.82 Å². The van der Waals surface area contributed by atoms with Crippen LogP contribution in [-0.4, -0.2) is 19.3 Å². The first-order valence-corrected chi connectivity index (χ1v) is 7.73. The number of hydrogen-bond acceptors (Lipinski definition) is 3. The fraction of sp³-hybridized carbons (Fsp3) is 0.353. The van der Waals surface area contributed by atoms with Crippen LogP contribution in [0.15, 0.2) is 41.6 Å². The van der Waals surface area contributed by atoms with E-state index < -0.39 is 0 Å². The summed E-state index contributed by atoms with van der Waals surface area (Å²) in [5.41, 5.74) is 1.47. The van der Waals surface area contributed by atoms with E-state index in [0.717, 1.165) is 12.0 Å². The van der Waals surface area contributed by atoms with Crippen molar-refractivity contribution in [2.24, 2.45) is 0 Å². The lowest BCUT2D eigenvalue weighted by molar-refractivity contribution is 0.544. The van der Waals surface area contributed by atoms with Crippen LogP contribution in [0.3, 0.4) is 0 Å². The van der Waals surface area contributed by atoms with Crippen LogP contribution in [-0.2, 0) is 13.0 Å². The Kier molecular flexibility index (Phi) is 4.23. The van der Waals surface area contributed by atoms with E-state index >= 15 is 0 Å². The van der Waals surface area contributed by atoms with Crippen molar-refractivity contribution in [2.45, 2.75) is 39.3 Å². The van der Waals surface area contributed by atoms with Gasteiger partial charge in [-0.1, -0.05) is 12.1 Å². The molecule has 23 heavy (non-hydrogen) atoms. The molecule has 0 aliphatic carbocycles. The molecule has 0 atom stereocenters. The highest BCUT2D eigenvalue weighted by Crippen LogP contribution is 2.12. The molecule has 120 valence electrons. The molecule has 0 bridgehead atoms. The zero-order valence-electron chi connectivity index (χ0n) is 13.2. The Morgan fingerprint density at radius 1 is 1.30 bits per heavy atom. The predicted molar refractivity (Wildman–Crippen MR) is 86.9 cm³/mol. The Balaban J connectivity index is 1.76. The SMILES string of the molecule is CC(C)n1ncc2c(=O)n(CCCc3cccc(F)c3)cnc21. The fourth-order valence-electron chi connectivity index (χ4n) is 2.65. The van der Waals surface area contributed by atoms with Crippen LogP contribution in [0.1, 0.15) is 31.9 Å². The third-order valence-corrected chi connectivity index (χ3v) is 3.82. The maximum Gasteiger partial charge on any atom is 0.264 e. The zero-order chi connectivity index (χ0) is 16.4. The quantitative estimate of drug-likeness (QED) is 0.727. The van der Waals surface area contributed by atoms with E-state index in [1.807, 2.05) is 19.9 Å². The van der Waals surface area contributed by atoms with Gasteiger partial charge in [0.15, 0.2) is 5.65 Å². The maximum absolute atomic E-state index is 13.1. The molecule has 0 spiro atoms. The Morgan fingerprint density at radius 3 is 2.87 bits per heavy atom. The summed E-state index contributed by atoms with van der Waals surface area (Å²) in [6.07, 6.45) is 4.60. The minimum Gasteiger partial charge on any atom is -0.299 e. The molecule has 0 fully saturated rings. The van der Waals surface area contributed by atoms with Gasteiger partial charge in [0.05, 0.1) is 12.5 Å². The number of fused-ring (bicyclic) bond motifs is 1. The number of aryl methyl sites for hydroxylation is 2. The van der Waals surface area contributed by atoms with Gasteiger partial charge in [0.2, 0.25) is 0 Å². The largest absolute Gasteiger partial charge is 0.299 e. The van der Waals surface area contributed by atoms with Gasteiger partial charge < -0.3 is 0 Å². The minimum absolute atomic E-state index is 0.0823. The summed E-state index contributed by atoms with van der Waals surface area (Å²) in [4.78, 5) is 16.8. The lowest BCUT2D eigenvalue weighted by atomic mass is 10.1. The average Bonchev–Trinajstić information content (AvgIpc) is 2.94. The van der Waals surface area contributed by atoms with Crippen molar-refractivity contribution < 1.29 is 4.39 Å². The maximum atomic E-state index is 13.1. The van der Waals surface area contributed by atoms with Crippen molar-refractivity contribution in [3.63, 3.8) is 0 Å². The summed E-state index contributed by atoms with van der Waals surface area (Å²) < 4.78 is 16.5. The molecule has 0 aliphatic rings. The van der Waals surface area contributed by atoms with Gasteiger partial charge in [0, 0.05) is 12.6 Å². The summed E-state index contributed by atoms with van der Waals surface area (Å²) in [6, 6.07) is 6.70. The second-order valence-electron chi connectivity index (χ2n) is 5.90. The number of benzene rings is 1. The summed E-state index contributed by atoms with van der Waals surface area (Å²) in [5.74, 6) is -0.233. The second kappa shape index (κ2) is 6.32. The van der Waals surface area contributed by atoms with Crippen LogP contribution in [0.2, 0.25) is 0 Å². The standard InChI is InChI=1S/C17H19FN4O/c1-12(2)22-16-15(10-20-22)17(23)21(11-19-16)8-4-6-13-5-3-7-14(18)9-13/h3,5,7,9-12H,4,6,8H2,1-2H3. The van der Waals surface area contributed by atoms with E-state index in [2.05, 4.69) is 10.1 Å². The summed E-state index contributed by atoms with van der Waals surface area (Å²) in [6.45, 7) is 4.54. The Bertz CT molecular complexity index is 882. The van der Waals surface area contributed by atoms with E-state index in [0.29, 0.717) is 24.0 Å². The molecule has 0 saturated heterocycles. The van der Waals surface area contributed by atoms with Gasteiger partial charge in [-0.15, -0.1) is 0 Å². The van der Waals surface area contributed by atoms with E-state index in [-0.39, 0.29) is 17.4 Å². The minimum atomic E-state index is -0.233. The third kappa shape index (κ3) is 3.16. The molecule has 0 saturated carbocycles. The van der Waals surface area contributed by atoms with Crippen LogP contribution >= 0.6 is 0 Å². The lowest BCUT2D eigenvalue weighted by Crippen LogP contribution is -2.21. The molecular formula is C17H19FN4O. The van der Waals surface area contributed by atoms with Crippen LogP contribution < -0.4 is 5.56 Å². The van der Waals surface area contributed by atoms with Gasteiger partial charge >= 0.3 is 0 Å². The molecule has 0 aliphatic heterocycles. The predicted octanol–water partition coefficient (Wildman–Crippen LogP) is 2.95. The molecule has 0 radical (unpaired) electrons. The molecule has 3 aromatic rings. The number of nitrogens with zero attached hydrogens (tertiary/aromatic N) is 4. The molecular weight excluding hydrogens is 295 g/mol. The number of aromatic nitrogens is 4. The first-order valence-electron chi connectivity index (χ1n) is 7.73. The van der Waals surface area contributed by atoms with E-state index in [9.17, 15) is 9.18 Å². The first-order chi connectivity index (χ1) is 11.1. The van der Waals surface area contributed by atoms with Crippen molar-refractivity contribution in [3.8, 4) is 0 Å². The molecule has 0 unspecified atom stereocenters. The molecule has 1 aromatic carbocycles. The van der Waals surface area contributed by atoms with Crippen molar-refractivity contribution in [3.05, 3.63) is 58.5 Å². The van der Waals surface area contributed by atoms with E-state index in [4.69, 9.17) is 0 Å². The molecule has 5 nitrogen and oxygen atoms in total. The van der Waals surface area contributed by atoms with Gasteiger partial charge in [0.1, 0.15) is 11.2 Å². The third-order valence-electron chi connectivity index (χ3n) is 3.82. The topological polar surface area (TPSA) is 52.7 Å². The van der Waals surface area contributed by atoms with Gasteiger partial charge in [-0.3, -0.25) is 9.36 Å². The summed E-state index contributed by atoms with van der Waals surface area (Å²) >= 11 is 0. The summed E-state index contributed by atoms with van der Waals surface area (Å²) in [5, 5.41) is 4.77. The van der Waals surface area contributed by atoms with Crippen molar-refractivity contribution in [1.29, 1.82) is 0 Å².